The third-order valence-electron chi connectivity index (χ3n) is 10.1. The molecule has 12 heteroatoms. The number of carbonyl (C=O) groups is 4. The molecule has 2 saturated carbocycles. The minimum absolute atomic E-state index is 0.0290. The Bertz CT molecular complexity index is 1550. The van der Waals surface area contributed by atoms with Crippen LogP contribution in [-0.4, -0.2) is 91.6 Å². The number of hydrogen-bond acceptors (Lipinski definition) is 11. The van der Waals surface area contributed by atoms with Crippen LogP contribution in [0, 0.1) is 11.8 Å². The first-order chi connectivity index (χ1) is 21.5. The molecule has 4 aliphatic carbocycles. The van der Waals surface area contributed by atoms with E-state index in [1.807, 2.05) is 26.8 Å². The minimum atomic E-state index is -2.97. The lowest BCUT2D eigenvalue weighted by Gasteiger charge is -2.55. The second kappa shape index (κ2) is 12.0. The molecule has 2 fully saturated rings. The average molecular weight is 657 g/mol. The normalized spacial score (nSPS) is 30.0. The fourth-order valence-corrected chi connectivity index (χ4v) is 9.42. The number of phenolic OH excluding ortho intramolecular Hbond substituents is 1. The van der Waals surface area contributed by atoms with Gasteiger partial charge >= 0.3 is 5.97 Å². The summed E-state index contributed by atoms with van der Waals surface area (Å²) in [5, 5.41) is 47.7. The maximum Gasteiger partial charge on any atom is 0.305 e. The number of benzene rings is 1. The van der Waals surface area contributed by atoms with Crippen molar-refractivity contribution in [2.24, 2.45) is 17.6 Å². The molecule has 0 unspecified atom stereocenters. The standard InChI is InChI=1S/C34H44N2O9S/c1-7-19(37)45-29-20-17(14-46-15-10-8-9-11-15)16-12-13-18(33(2,3)4)26(38)21(16)27(39)22(20)30(41)34(44)24(29)25(36(5)6)28(40)23(31(34)42)32(35)43/h12-13,15,17,20,24-25,29,38-39,42,44H,7-11,14H2,1-6H3,(H2,35,43)/t17-,20+,24+,25-,29-,34-/m0/s1. The second-order valence-corrected chi connectivity index (χ2v) is 15.4. The first kappa shape index (κ1) is 34.0. The summed E-state index contributed by atoms with van der Waals surface area (Å²) in [5.74, 6) is -9.02. The lowest BCUT2D eigenvalue weighted by atomic mass is 9.54. The zero-order valence-electron chi connectivity index (χ0n) is 27.1. The molecule has 0 bridgehead atoms. The summed E-state index contributed by atoms with van der Waals surface area (Å²) in [5.41, 5.74) is 1.78. The number of nitrogens with zero attached hydrogens (tertiary/aromatic N) is 1. The largest absolute Gasteiger partial charge is 0.508 e. The van der Waals surface area contributed by atoms with Crippen LogP contribution in [-0.2, 0) is 29.3 Å². The van der Waals surface area contributed by atoms with Crippen LogP contribution < -0.4 is 5.73 Å². The van der Waals surface area contributed by atoms with E-state index in [4.69, 9.17) is 10.5 Å². The third-order valence-corrected chi connectivity index (χ3v) is 11.6. The molecule has 0 spiro atoms. The molecule has 6 N–H and O–H groups in total. The number of fused-ring (bicyclic) bond motifs is 3. The van der Waals surface area contributed by atoms with Crippen LogP contribution in [0.3, 0.4) is 0 Å². The summed E-state index contributed by atoms with van der Waals surface area (Å²) in [6.07, 6.45) is 2.73. The van der Waals surface area contributed by atoms with Gasteiger partial charge in [0.05, 0.1) is 17.5 Å². The Hall–Kier alpha value is -3.35. The second-order valence-electron chi connectivity index (χ2n) is 14.1. The maximum absolute atomic E-state index is 14.7. The number of ketones is 2. The van der Waals surface area contributed by atoms with E-state index in [9.17, 15) is 39.6 Å². The molecular formula is C34H44N2O9S. The van der Waals surface area contributed by atoms with Gasteiger partial charge in [-0.15, -0.1) is 0 Å². The van der Waals surface area contributed by atoms with Crippen molar-refractivity contribution in [2.45, 2.75) is 94.1 Å². The van der Waals surface area contributed by atoms with E-state index in [0.717, 1.165) is 25.7 Å². The summed E-state index contributed by atoms with van der Waals surface area (Å²) in [6, 6.07) is 2.19. The Balaban J connectivity index is 1.85. The van der Waals surface area contributed by atoms with Crippen molar-refractivity contribution >= 4 is 41.0 Å². The number of phenols is 1. The lowest BCUT2D eigenvalue weighted by molar-refractivity contribution is -0.185. The highest BCUT2D eigenvalue weighted by Crippen LogP contribution is 2.58. The van der Waals surface area contributed by atoms with Crippen molar-refractivity contribution in [1.82, 2.24) is 4.90 Å². The number of aliphatic hydroxyl groups excluding tert-OH is 2. The highest BCUT2D eigenvalue weighted by molar-refractivity contribution is 7.99. The SMILES string of the molecule is CCC(=O)O[C@H]1[C@H]2C(=C(O)c3c(ccc(C(C)(C)C)c3O)[C@@H]2CSC2CCCC2)C(=O)[C@]2(O)C(O)=C(C(N)=O)C(=O)[C@@H](N(C)C)[C@H]12. The van der Waals surface area contributed by atoms with Crippen molar-refractivity contribution in [3.63, 3.8) is 0 Å². The number of amides is 1. The van der Waals surface area contributed by atoms with E-state index in [-0.39, 0.29) is 23.3 Å². The Morgan fingerprint density at radius 3 is 2.28 bits per heavy atom. The zero-order valence-corrected chi connectivity index (χ0v) is 27.9. The van der Waals surface area contributed by atoms with Crippen LogP contribution in [0.1, 0.15) is 82.4 Å². The van der Waals surface area contributed by atoms with E-state index in [0.29, 0.717) is 22.1 Å². The monoisotopic (exact) mass is 656 g/mol. The molecule has 0 aromatic heterocycles. The molecule has 0 heterocycles. The number of thioether (sulfide) groups is 1. The summed E-state index contributed by atoms with van der Waals surface area (Å²) in [4.78, 5) is 55.4. The van der Waals surface area contributed by atoms with Gasteiger partial charge in [-0.3, -0.25) is 24.1 Å². The predicted octanol–water partition coefficient (Wildman–Crippen LogP) is 3.41. The number of aliphatic hydroxyl groups is 3. The van der Waals surface area contributed by atoms with Gasteiger partial charge in [0.15, 0.2) is 11.4 Å². The Morgan fingerprint density at radius 2 is 1.74 bits per heavy atom. The van der Waals surface area contributed by atoms with Gasteiger partial charge in [-0.2, -0.15) is 11.8 Å². The number of primary amides is 1. The summed E-state index contributed by atoms with van der Waals surface area (Å²) in [6.45, 7) is 7.26. The van der Waals surface area contributed by atoms with Gasteiger partial charge in [-0.1, -0.05) is 52.7 Å². The molecule has 5 rings (SSSR count). The molecule has 6 atom stereocenters. The smallest absolute Gasteiger partial charge is 0.305 e. The molecule has 11 nitrogen and oxygen atoms in total. The third kappa shape index (κ3) is 5.13. The molecule has 250 valence electrons. The number of esters is 1. The van der Waals surface area contributed by atoms with Gasteiger partial charge in [0, 0.05) is 40.4 Å². The fraction of sp³-hybridized carbons (Fsp3) is 0.588. The van der Waals surface area contributed by atoms with Crippen LogP contribution in [0.2, 0.25) is 0 Å². The molecule has 1 amide bonds. The molecule has 0 saturated heterocycles. The zero-order chi connectivity index (χ0) is 34.0. The highest BCUT2D eigenvalue weighted by Gasteiger charge is 2.70. The van der Waals surface area contributed by atoms with Gasteiger partial charge < -0.3 is 30.9 Å². The van der Waals surface area contributed by atoms with Crippen LogP contribution in [0.15, 0.2) is 29.0 Å². The number of Topliss-reactive ketones (excluding diaryl/α,β-unsaturated/α-hetero) is 2. The van der Waals surface area contributed by atoms with E-state index >= 15 is 0 Å². The first-order valence-electron chi connectivity index (χ1n) is 15.8. The highest BCUT2D eigenvalue weighted by atomic mass is 32.2. The summed E-state index contributed by atoms with van der Waals surface area (Å²) >= 11 is 1.70. The lowest BCUT2D eigenvalue weighted by Crippen LogP contribution is -2.71. The van der Waals surface area contributed by atoms with E-state index < -0.39 is 81.4 Å². The number of nitrogens with two attached hydrogens (primary N) is 1. The Morgan fingerprint density at radius 1 is 1.11 bits per heavy atom. The van der Waals surface area contributed by atoms with Gasteiger partial charge in [0.2, 0.25) is 5.78 Å². The van der Waals surface area contributed by atoms with Crippen molar-refractivity contribution in [2.75, 3.05) is 19.8 Å². The fourth-order valence-electron chi connectivity index (χ4n) is 7.88. The number of carbonyl (C=O) groups excluding carboxylic acids is 4. The number of likely N-dealkylation sites (N-methyl/N-ethyl adjacent to an activating group) is 1. The van der Waals surface area contributed by atoms with Gasteiger partial charge in [-0.05, 0) is 37.9 Å². The first-order valence-corrected chi connectivity index (χ1v) is 16.8. The molecule has 4 aliphatic rings. The number of aromatic hydroxyl groups is 1. The van der Waals surface area contributed by atoms with E-state index in [1.165, 1.54) is 19.0 Å². The van der Waals surface area contributed by atoms with Gasteiger partial charge in [-0.25, -0.2) is 0 Å². The number of hydrogen-bond donors (Lipinski definition) is 5. The van der Waals surface area contributed by atoms with Crippen LogP contribution >= 0.6 is 11.8 Å². The van der Waals surface area contributed by atoms with Crippen molar-refractivity contribution in [1.29, 1.82) is 0 Å². The Kier molecular flexibility index (Phi) is 8.89. The molecule has 46 heavy (non-hydrogen) atoms. The molecule has 1 aromatic carbocycles. The molecular weight excluding hydrogens is 612 g/mol. The van der Waals surface area contributed by atoms with E-state index in [2.05, 4.69) is 0 Å². The molecule has 1 aromatic rings. The quantitative estimate of drug-likeness (QED) is 0.214. The topological polar surface area (TPSA) is 188 Å². The average Bonchev–Trinajstić information content (AvgIpc) is 3.49. The van der Waals surface area contributed by atoms with E-state index in [1.54, 1.807) is 24.8 Å². The van der Waals surface area contributed by atoms with Crippen molar-refractivity contribution in [3.05, 3.63) is 45.7 Å². The van der Waals surface area contributed by atoms with Gasteiger partial charge in [0.1, 0.15) is 28.9 Å². The van der Waals surface area contributed by atoms with Crippen LogP contribution in [0.25, 0.3) is 5.76 Å². The number of ether oxygens (including phenoxy) is 1. The summed E-state index contributed by atoms with van der Waals surface area (Å²) in [7, 11) is 3.01. The summed E-state index contributed by atoms with van der Waals surface area (Å²) < 4.78 is 6.04. The van der Waals surface area contributed by atoms with Crippen molar-refractivity contribution < 1.29 is 44.3 Å². The van der Waals surface area contributed by atoms with Crippen LogP contribution in [0.5, 0.6) is 5.75 Å². The van der Waals surface area contributed by atoms with Gasteiger partial charge in [0.25, 0.3) is 5.91 Å². The molecule has 0 aliphatic heterocycles. The molecule has 0 radical (unpaired) electrons. The maximum atomic E-state index is 14.7. The van der Waals surface area contributed by atoms with Crippen LogP contribution in [0.4, 0.5) is 0 Å². The predicted molar refractivity (Wildman–Crippen MR) is 172 cm³/mol. The number of rotatable bonds is 7. The Labute approximate surface area is 272 Å². The minimum Gasteiger partial charge on any atom is -0.508 e. The van der Waals surface area contributed by atoms with Crippen molar-refractivity contribution in [3.8, 4) is 5.75 Å².